The van der Waals surface area contributed by atoms with E-state index in [9.17, 15) is 26.4 Å². The van der Waals surface area contributed by atoms with Crippen molar-refractivity contribution in [2.24, 2.45) is 0 Å². The molecule has 0 aliphatic carbocycles. The number of methoxy groups -OCH3 is 1. The monoisotopic (exact) mass is 689 g/mol. The van der Waals surface area contributed by atoms with Crippen LogP contribution in [0.15, 0.2) is 67.0 Å². The molecule has 15 heteroatoms. The van der Waals surface area contributed by atoms with Crippen molar-refractivity contribution in [1.82, 2.24) is 14.9 Å². The van der Waals surface area contributed by atoms with Crippen LogP contribution >= 0.6 is 0 Å². The lowest BCUT2D eigenvalue weighted by Gasteiger charge is -2.26. The second-order valence-electron chi connectivity index (χ2n) is 12.1. The minimum Gasteiger partial charge on any atom is -0.480 e. The summed E-state index contributed by atoms with van der Waals surface area (Å²) in [5.41, 5.74) is 5.24. The average Bonchev–Trinajstić information content (AvgIpc) is 3.00. The smallest absolute Gasteiger partial charge is 0.405 e. The van der Waals surface area contributed by atoms with Gasteiger partial charge in [-0.3, -0.25) is 14.4 Å². The number of morpholine rings is 1. The van der Waals surface area contributed by atoms with Gasteiger partial charge in [-0.05, 0) is 40.1 Å². The molecule has 0 bridgehead atoms. The lowest BCUT2D eigenvalue weighted by molar-refractivity contribution is -0.107. The number of alkyl halides is 3. The summed E-state index contributed by atoms with van der Waals surface area (Å²) in [5, 5.41) is 7.90. The number of fused-ring (bicyclic) bond motifs is 1. The van der Waals surface area contributed by atoms with Gasteiger partial charge in [0.1, 0.15) is 5.69 Å². The molecule has 4 aromatic rings. The van der Waals surface area contributed by atoms with Crippen LogP contribution in [-0.4, -0.2) is 79.2 Å². The first-order valence-electron chi connectivity index (χ1n) is 14.9. The number of anilines is 2. The van der Waals surface area contributed by atoms with Gasteiger partial charge >= 0.3 is 12.2 Å². The van der Waals surface area contributed by atoms with Crippen molar-refractivity contribution in [3.8, 4) is 17.0 Å². The molecule has 11 nitrogen and oxygen atoms in total. The van der Waals surface area contributed by atoms with Crippen molar-refractivity contribution in [2.75, 3.05) is 49.8 Å². The third-order valence-electron chi connectivity index (χ3n) is 7.30. The van der Waals surface area contributed by atoms with Gasteiger partial charge in [0, 0.05) is 43.0 Å². The van der Waals surface area contributed by atoms with Crippen LogP contribution in [0.25, 0.3) is 21.9 Å². The van der Waals surface area contributed by atoms with E-state index in [0.717, 1.165) is 66.0 Å². The maximum absolute atomic E-state index is 13.1. The number of amides is 2. The van der Waals surface area contributed by atoms with Crippen molar-refractivity contribution in [2.45, 2.75) is 38.9 Å². The van der Waals surface area contributed by atoms with E-state index in [2.05, 4.69) is 59.5 Å². The van der Waals surface area contributed by atoms with E-state index in [4.69, 9.17) is 19.0 Å². The topological polar surface area (TPSA) is 143 Å². The molecule has 3 heterocycles. The van der Waals surface area contributed by atoms with Crippen LogP contribution in [0.1, 0.15) is 32.0 Å². The van der Waals surface area contributed by atoms with E-state index in [1.54, 1.807) is 13.3 Å². The zero-order valence-corrected chi connectivity index (χ0v) is 27.8. The summed E-state index contributed by atoms with van der Waals surface area (Å²) in [4.78, 5) is 24.6. The van der Waals surface area contributed by atoms with Gasteiger partial charge in [0.25, 0.3) is 10.1 Å². The molecule has 0 radical (unpaired) electrons. The summed E-state index contributed by atoms with van der Waals surface area (Å²) in [5.74, 6) is -1.82. The van der Waals surface area contributed by atoms with Gasteiger partial charge < -0.3 is 20.1 Å². The number of rotatable bonds is 7. The van der Waals surface area contributed by atoms with E-state index in [0.29, 0.717) is 17.3 Å². The Balaban J connectivity index is 0.000000508. The third-order valence-corrected chi connectivity index (χ3v) is 7.99. The van der Waals surface area contributed by atoms with Gasteiger partial charge in [-0.25, -0.2) is 9.78 Å². The molecular weight excluding hydrogens is 651 g/mol. The Morgan fingerprint density at radius 1 is 0.958 bits per heavy atom. The minimum absolute atomic E-state index is 0.117. The normalized spacial score (nSPS) is 14.2. The fraction of sp³-hybridized carbons (Fsp3) is 0.364. The first-order chi connectivity index (χ1) is 22.5. The van der Waals surface area contributed by atoms with Crippen molar-refractivity contribution in [3.63, 3.8) is 0 Å². The Morgan fingerprint density at radius 3 is 2.19 bits per heavy atom. The van der Waals surface area contributed by atoms with Crippen LogP contribution < -0.4 is 15.4 Å². The molecule has 1 aliphatic heterocycles. The lowest BCUT2D eigenvalue weighted by Crippen LogP contribution is -2.35. The molecule has 2 aromatic carbocycles. The van der Waals surface area contributed by atoms with Crippen molar-refractivity contribution >= 4 is 38.3 Å². The first-order valence-corrected chi connectivity index (χ1v) is 16.5. The highest BCUT2D eigenvalue weighted by atomic mass is 32.2. The van der Waals surface area contributed by atoms with E-state index in [1.807, 2.05) is 42.6 Å². The lowest BCUT2D eigenvalue weighted by atomic mass is 9.88. The number of carbonyl (C=O) groups is 1. The van der Waals surface area contributed by atoms with Gasteiger partial charge in [0.05, 0.1) is 31.7 Å². The van der Waals surface area contributed by atoms with Crippen molar-refractivity contribution in [1.29, 1.82) is 0 Å². The summed E-state index contributed by atoms with van der Waals surface area (Å²) in [6, 6.07) is 17.8. The van der Waals surface area contributed by atoms with Gasteiger partial charge in [-0.1, -0.05) is 57.2 Å². The van der Waals surface area contributed by atoms with Crippen LogP contribution in [0.5, 0.6) is 5.88 Å². The number of benzene rings is 2. The molecule has 1 saturated heterocycles. The first kappa shape index (κ1) is 36.5. The number of pyridine rings is 2. The number of hydrogen-bond donors (Lipinski definition) is 3. The molecule has 2 aromatic heterocycles. The van der Waals surface area contributed by atoms with Gasteiger partial charge in [0.2, 0.25) is 5.88 Å². The summed E-state index contributed by atoms with van der Waals surface area (Å²) >= 11 is 0. The minimum atomic E-state index is -4.91. The summed E-state index contributed by atoms with van der Waals surface area (Å²) in [6.07, 6.45) is -1.15. The van der Waals surface area contributed by atoms with E-state index < -0.39 is 22.0 Å². The molecule has 2 amide bonds. The molecule has 1 aliphatic rings. The van der Waals surface area contributed by atoms with Crippen molar-refractivity contribution in [3.05, 3.63) is 78.2 Å². The van der Waals surface area contributed by atoms with Gasteiger partial charge in [-0.15, -0.1) is 0 Å². The number of aromatic nitrogens is 2. The molecule has 0 saturated carbocycles. The van der Waals surface area contributed by atoms with Crippen molar-refractivity contribution < 1.29 is 40.4 Å². The second kappa shape index (κ2) is 15.3. The molecule has 0 spiro atoms. The number of halogens is 3. The predicted octanol–water partition coefficient (Wildman–Crippen LogP) is 6.52. The van der Waals surface area contributed by atoms with E-state index >= 15 is 0 Å². The molecule has 0 atom stereocenters. The Hall–Kier alpha value is -4.31. The SMILES string of the molecule is COc1ncc(C(C)(C)C)cc1NC(=O)Nc1ccc(-c2ccc(CN3CCOCC3)nc2)c2ccccc12.O=S(=O)(O)CC(F)(F)F. The Morgan fingerprint density at radius 2 is 1.62 bits per heavy atom. The number of carbonyl (C=O) groups excluding carboxylic acids is 1. The predicted molar refractivity (Wildman–Crippen MR) is 178 cm³/mol. The number of ether oxygens (including phenoxy) is 2. The molecule has 258 valence electrons. The molecule has 0 unspecified atom stereocenters. The van der Waals surface area contributed by atoms with Crippen LogP contribution in [0.3, 0.4) is 0 Å². The van der Waals surface area contributed by atoms with Gasteiger partial charge in [-0.2, -0.15) is 21.6 Å². The van der Waals surface area contributed by atoms with E-state index in [1.165, 1.54) is 0 Å². The Bertz CT molecular complexity index is 1820. The highest BCUT2D eigenvalue weighted by Crippen LogP contribution is 2.34. The summed E-state index contributed by atoms with van der Waals surface area (Å²) in [7, 11) is -3.37. The Kier molecular flexibility index (Phi) is 11.6. The maximum Gasteiger partial charge on any atom is 0.405 e. The highest BCUT2D eigenvalue weighted by molar-refractivity contribution is 7.85. The van der Waals surface area contributed by atoms with Crippen LogP contribution in [0.4, 0.5) is 29.3 Å². The Labute approximate surface area is 277 Å². The quantitative estimate of drug-likeness (QED) is 0.185. The molecule has 5 rings (SSSR count). The van der Waals surface area contributed by atoms with E-state index in [-0.39, 0.29) is 11.4 Å². The zero-order valence-electron chi connectivity index (χ0n) is 27.0. The number of nitrogens with zero attached hydrogens (tertiary/aromatic N) is 3. The average molecular weight is 690 g/mol. The van der Waals surface area contributed by atoms with Crippen LogP contribution in [0, 0.1) is 0 Å². The standard InChI is InChI=1S/C31H35N5O3.C2H3F3O3S/c1-31(2,3)22-17-28(29(38-4)33-19-22)35-30(37)34-27-12-11-24(25-7-5-6-8-26(25)27)21-9-10-23(32-18-21)20-36-13-15-39-16-14-36;3-2(4,5)1-9(6,7)8/h5-12,17-19H,13-16,20H2,1-4H3,(H2,34,35,37);1H2,(H,6,7,8). The number of urea groups is 1. The zero-order chi connectivity index (χ0) is 35.1. The molecule has 1 fully saturated rings. The molecule has 48 heavy (non-hydrogen) atoms. The van der Waals surface area contributed by atoms with Gasteiger partial charge in [0.15, 0.2) is 5.75 Å². The number of nitrogens with one attached hydrogen (secondary N) is 2. The maximum atomic E-state index is 13.1. The summed E-state index contributed by atoms with van der Waals surface area (Å²) < 4.78 is 70.4. The highest BCUT2D eigenvalue weighted by Gasteiger charge is 2.34. The third kappa shape index (κ3) is 10.6. The second-order valence-corrected chi connectivity index (χ2v) is 13.5. The molecule has 3 N–H and O–H groups in total. The number of hydrogen-bond acceptors (Lipinski definition) is 8. The summed E-state index contributed by atoms with van der Waals surface area (Å²) in [6.45, 7) is 10.5. The largest absolute Gasteiger partial charge is 0.480 e. The fourth-order valence-electron chi connectivity index (χ4n) is 4.92. The van der Waals surface area contributed by atoms with Crippen LogP contribution in [-0.2, 0) is 26.8 Å². The van der Waals surface area contributed by atoms with Crippen LogP contribution in [0.2, 0.25) is 0 Å². The molecular formula is C33H38F3N5O6S. The fourth-order valence-corrected chi connectivity index (χ4v) is 5.34.